The molecule has 0 bridgehead atoms. The second kappa shape index (κ2) is 10.0. The average molecular weight is 542 g/mol. The quantitative estimate of drug-likeness (QED) is 0.300. The first kappa shape index (κ1) is 26.4. The van der Waals surface area contributed by atoms with Crippen LogP contribution in [0.4, 0.5) is 13.2 Å². The van der Waals surface area contributed by atoms with Gasteiger partial charge in [-0.05, 0) is 62.5 Å². The van der Waals surface area contributed by atoms with Crippen molar-refractivity contribution in [2.24, 2.45) is 13.0 Å². The largest absolute Gasteiger partial charge is 0.481 e. The van der Waals surface area contributed by atoms with Gasteiger partial charge >= 0.3 is 12.1 Å². The predicted octanol–water partition coefficient (Wildman–Crippen LogP) is 6.13. The number of piperidine rings is 1. The molecular formula is C25H24Cl2F3N3O3. The highest BCUT2D eigenvalue weighted by atomic mass is 35.5. The number of ketones is 1. The first-order valence-corrected chi connectivity index (χ1v) is 12.1. The molecule has 0 atom stereocenters. The fourth-order valence-corrected chi connectivity index (χ4v) is 5.33. The standard InChI is InChI=1S/C25H24Cl2F3N3O3/c1-13-7-16(25(28,29)30)9-18-17(13)10-19(32(18)2)23(36)21-22(26)15(11-31-24(21)27)12-33-5-3-14(4-6-33)8-20(34)35/h7,9-11,14H,3-6,8,12H2,1-2H3,(H,34,35). The van der Waals surface area contributed by atoms with Gasteiger partial charge in [-0.2, -0.15) is 13.2 Å². The van der Waals surface area contributed by atoms with Gasteiger partial charge < -0.3 is 9.67 Å². The Hall–Kier alpha value is -2.62. The minimum Gasteiger partial charge on any atom is -0.481 e. The third-order valence-corrected chi connectivity index (χ3v) is 7.48. The molecule has 3 aromatic rings. The smallest absolute Gasteiger partial charge is 0.416 e. The highest BCUT2D eigenvalue weighted by molar-refractivity contribution is 6.40. The normalized spacial score (nSPS) is 15.5. The maximum absolute atomic E-state index is 13.5. The average Bonchev–Trinajstić information content (AvgIpc) is 3.13. The van der Waals surface area contributed by atoms with E-state index in [4.69, 9.17) is 28.3 Å². The number of aryl methyl sites for hydroxylation is 2. The number of benzene rings is 1. The second-order valence-corrected chi connectivity index (χ2v) is 9.96. The van der Waals surface area contributed by atoms with E-state index < -0.39 is 23.5 Å². The monoisotopic (exact) mass is 541 g/mol. The Morgan fingerprint density at radius 1 is 1.17 bits per heavy atom. The van der Waals surface area contributed by atoms with Crippen LogP contribution in [-0.4, -0.2) is 44.4 Å². The zero-order chi connectivity index (χ0) is 26.4. The first-order chi connectivity index (χ1) is 16.9. The predicted molar refractivity (Wildman–Crippen MR) is 131 cm³/mol. The molecule has 0 saturated carbocycles. The molecule has 0 spiro atoms. The Morgan fingerprint density at radius 2 is 1.83 bits per heavy atom. The molecule has 1 aliphatic rings. The molecule has 192 valence electrons. The van der Waals surface area contributed by atoms with Gasteiger partial charge in [0.25, 0.3) is 0 Å². The van der Waals surface area contributed by atoms with E-state index in [-0.39, 0.29) is 39.3 Å². The number of carbonyl (C=O) groups is 2. The number of alkyl halides is 3. The Morgan fingerprint density at radius 3 is 2.44 bits per heavy atom. The summed E-state index contributed by atoms with van der Waals surface area (Å²) in [7, 11) is 1.52. The van der Waals surface area contributed by atoms with E-state index in [2.05, 4.69) is 9.88 Å². The van der Waals surface area contributed by atoms with Crippen molar-refractivity contribution in [2.75, 3.05) is 13.1 Å². The molecule has 6 nitrogen and oxygen atoms in total. The molecule has 4 rings (SSSR count). The van der Waals surface area contributed by atoms with Crippen LogP contribution in [-0.2, 0) is 24.6 Å². The summed E-state index contributed by atoms with van der Waals surface area (Å²) >= 11 is 12.9. The fourth-order valence-electron chi connectivity index (χ4n) is 4.76. The highest BCUT2D eigenvalue weighted by Gasteiger charge is 2.32. The van der Waals surface area contributed by atoms with E-state index in [0.717, 1.165) is 25.0 Å². The molecule has 0 unspecified atom stereocenters. The van der Waals surface area contributed by atoms with Crippen LogP contribution in [0.5, 0.6) is 0 Å². The van der Waals surface area contributed by atoms with Crippen molar-refractivity contribution in [1.82, 2.24) is 14.5 Å². The van der Waals surface area contributed by atoms with E-state index in [9.17, 15) is 22.8 Å². The summed E-state index contributed by atoms with van der Waals surface area (Å²) in [6.07, 6.45) is -1.38. The van der Waals surface area contributed by atoms with Crippen molar-refractivity contribution in [3.63, 3.8) is 0 Å². The van der Waals surface area contributed by atoms with Crippen molar-refractivity contribution in [2.45, 2.75) is 38.9 Å². The minimum absolute atomic E-state index is 0.00352. The van der Waals surface area contributed by atoms with Gasteiger partial charge in [0.1, 0.15) is 5.15 Å². The third kappa shape index (κ3) is 5.23. The lowest BCUT2D eigenvalue weighted by Gasteiger charge is -2.31. The van der Waals surface area contributed by atoms with Crippen LogP contribution in [0.2, 0.25) is 10.2 Å². The summed E-state index contributed by atoms with van der Waals surface area (Å²) in [5.41, 5.74) is 0.604. The van der Waals surface area contributed by atoms with Crippen molar-refractivity contribution < 1.29 is 27.9 Å². The minimum atomic E-state index is -4.51. The van der Waals surface area contributed by atoms with Gasteiger partial charge in [0.2, 0.25) is 5.78 Å². The maximum atomic E-state index is 13.5. The molecule has 0 radical (unpaired) electrons. The number of hydrogen-bond acceptors (Lipinski definition) is 4. The zero-order valence-corrected chi connectivity index (χ0v) is 21.1. The van der Waals surface area contributed by atoms with Crippen molar-refractivity contribution in [3.8, 4) is 0 Å². The summed E-state index contributed by atoms with van der Waals surface area (Å²) in [6, 6.07) is 3.61. The lowest BCUT2D eigenvalue weighted by Crippen LogP contribution is -2.34. The van der Waals surface area contributed by atoms with Gasteiger partial charge in [-0.15, -0.1) is 0 Å². The number of rotatable bonds is 6. The van der Waals surface area contributed by atoms with E-state index in [0.29, 0.717) is 36.1 Å². The van der Waals surface area contributed by atoms with Gasteiger partial charge in [-0.3, -0.25) is 14.5 Å². The molecule has 1 aliphatic heterocycles. The summed E-state index contributed by atoms with van der Waals surface area (Å²) < 4.78 is 41.4. The van der Waals surface area contributed by atoms with Crippen molar-refractivity contribution >= 4 is 45.9 Å². The fraction of sp³-hybridized carbons (Fsp3) is 0.400. The van der Waals surface area contributed by atoms with Crippen molar-refractivity contribution in [1.29, 1.82) is 0 Å². The molecule has 2 aromatic heterocycles. The molecule has 1 N–H and O–H groups in total. The number of carboxylic acids is 1. The Balaban J connectivity index is 1.64. The van der Waals surface area contributed by atoms with Gasteiger partial charge in [0.05, 0.1) is 21.8 Å². The molecule has 11 heteroatoms. The molecule has 0 aliphatic carbocycles. The van der Waals surface area contributed by atoms with Gasteiger partial charge in [-0.1, -0.05) is 23.2 Å². The van der Waals surface area contributed by atoms with Crippen LogP contribution in [0.1, 0.15) is 52.0 Å². The number of halogens is 5. The van der Waals surface area contributed by atoms with Crippen LogP contribution in [0.3, 0.4) is 0 Å². The summed E-state index contributed by atoms with van der Waals surface area (Å²) in [6.45, 7) is 3.34. The molecule has 1 saturated heterocycles. The Bertz CT molecular complexity index is 1350. The molecule has 36 heavy (non-hydrogen) atoms. The van der Waals surface area contributed by atoms with E-state index >= 15 is 0 Å². The molecule has 1 aromatic carbocycles. The van der Waals surface area contributed by atoms with Gasteiger partial charge in [0.15, 0.2) is 0 Å². The van der Waals surface area contributed by atoms with Crippen LogP contribution in [0.25, 0.3) is 10.9 Å². The van der Waals surface area contributed by atoms with Crippen molar-refractivity contribution in [3.05, 3.63) is 62.5 Å². The molecule has 1 fully saturated rings. The number of aliphatic carboxylic acids is 1. The van der Waals surface area contributed by atoms with E-state index in [1.54, 1.807) is 13.0 Å². The number of likely N-dealkylation sites (tertiary alicyclic amines) is 1. The third-order valence-electron chi connectivity index (χ3n) is 6.76. The summed E-state index contributed by atoms with van der Waals surface area (Å²) in [5, 5.41) is 9.58. The summed E-state index contributed by atoms with van der Waals surface area (Å²) in [4.78, 5) is 30.8. The number of fused-ring (bicyclic) bond motifs is 1. The maximum Gasteiger partial charge on any atom is 0.416 e. The van der Waals surface area contributed by atoms with Crippen LogP contribution in [0, 0.1) is 12.8 Å². The number of pyridine rings is 1. The highest BCUT2D eigenvalue weighted by Crippen LogP contribution is 2.36. The summed E-state index contributed by atoms with van der Waals surface area (Å²) in [5.74, 6) is -1.21. The Labute approximate surface area is 215 Å². The molecular weight excluding hydrogens is 518 g/mol. The number of carboxylic acid groups (broad SMARTS) is 1. The lowest BCUT2D eigenvalue weighted by molar-refractivity contribution is -0.139. The number of hydrogen-bond donors (Lipinski definition) is 1. The molecule has 3 heterocycles. The van der Waals surface area contributed by atoms with E-state index in [1.165, 1.54) is 17.8 Å². The lowest BCUT2D eigenvalue weighted by atomic mass is 9.93. The first-order valence-electron chi connectivity index (χ1n) is 11.4. The topological polar surface area (TPSA) is 75.4 Å². The number of aromatic nitrogens is 2. The van der Waals surface area contributed by atoms with E-state index in [1.807, 2.05) is 0 Å². The van der Waals surface area contributed by atoms with Gasteiger partial charge in [0, 0.05) is 42.7 Å². The van der Waals surface area contributed by atoms with Crippen LogP contribution < -0.4 is 0 Å². The SMILES string of the molecule is Cc1cc(C(F)(F)F)cc2c1cc(C(=O)c1c(Cl)ncc(CN3CCC(CC(=O)O)CC3)c1Cl)n2C. The van der Waals surface area contributed by atoms with Crippen LogP contribution >= 0.6 is 23.2 Å². The second-order valence-electron chi connectivity index (χ2n) is 9.22. The number of nitrogens with zero attached hydrogens (tertiary/aromatic N) is 3. The zero-order valence-electron chi connectivity index (χ0n) is 19.6. The van der Waals surface area contributed by atoms with Gasteiger partial charge in [-0.25, -0.2) is 4.98 Å². The molecule has 0 amide bonds. The van der Waals surface area contributed by atoms with Crippen LogP contribution in [0.15, 0.2) is 24.4 Å². The Kier molecular flexibility index (Phi) is 7.37. The number of carbonyl (C=O) groups excluding carboxylic acids is 1.